The van der Waals surface area contributed by atoms with Crippen molar-refractivity contribution in [2.75, 3.05) is 0 Å². The molecule has 1 saturated heterocycles. The molecule has 5 nitrogen and oxygen atoms in total. The van der Waals surface area contributed by atoms with Crippen molar-refractivity contribution in [2.45, 2.75) is 45.8 Å². The first-order valence-electron chi connectivity index (χ1n) is 7.37. The largest absolute Gasteiger partial charge is 0.458 e. The molecule has 7 unspecified atom stereocenters. The van der Waals surface area contributed by atoms with Gasteiger partial charge >= 0.3 is 11.9 Å². The van der Waals surface area contributed by atoms with Crippen molar-refractivity contribution in [1.82, 2.24) is 0 Å². The molecular weight excluding hydrogens is 260 g/mol. The van der Waals surface area contributed by atoms with Gasteiger partial charge in [0.05, 0.1) is 11.8 Å². The van der Waals surface area contributed by atoms with Gasteiger partial charge in [-0.05, 0) is 19.8 Å². The molecule has 20 heavy (non-hydrogen) atoms. The maximum absolute atomic E-state index is 12.0. The highest BCUT2D eigenvalue weighted by Crippen LogP contribution is 2.58. The second-order valence-corrected chi connectivity index (χ2v) is 6.34. The lowest BCUT2D eigenvalue weighted by atomic mass is 9.76. The number of hydrogen-bond donors (Lipinski definition) is 0. The van der Waals surface area contributed by atoms with E-state index in [1.165, 1.54) is 6.92 Å². The Balaban J connectivity index is 1.82. The lowest BCUT2D eigenvalue weighted by molar-refractivity contribution is -0.166. The number of ether oxygens (including phenoxy) is 2. The zero-order valence-corrected chi connectivity index (χ0v) is 12.0. The maximum atomic E-state index is 12.0. The van der Waals surface area contributed by atoms with Gasteiger partial charge in [-0.1, -0.05) is 13.8 Å². The molecule has 1 heterocycles. The van der Waals surface area contributed by atoms with E-state index in [0.717, 1.165) is 6.42 Å². The summed E-state index contributed by atoms with van der Waals surface area (Å²) in [6.07, 6.45) is 0.700. The average Bonchev–Trinajstić information content (AvgIpc) is 3.00. The summed E-state index contributed by atoms with van der Waals surface area (Å²) < 4.78 is 11.0. The molecule has 110 valence electrons. The highest BCUT2D eigenvalue weighted by Gasteiger charge is 2.69. The molecule has 3 rings (SSSR count). The van der Waals surface area contributed by atoms with Crippen LogP contribution in [0.4, 0.5) is 0 Å². The Bertz CT molecular complexity index is 471. The lowest BCUT2D eigenvalue weighted by Crippen LogP contribution is -2.43. The Morgan fingerprint density at radius 2 is 2.10 bits per heavy atom. The summed E-state index contributed by atoms with van der Waals surface area (Å²) in [5.74, 6) is -1.34. The van der Waals surface area contributed by atoms with Crippen molar-refractivity contribution < 1.29 is 23.9 Å². The van der Waals surface area contributed by atoms with Crippen LogP contribution in [-0.4, -0.2) is 29.9 Å². The van der Waals surface area contributed by atoms with Gasteiger partial charge in [-0.15, -0.1) is 0 Å². The van der Waals surface area contributed by atoms with Crippen LogP contribution in [0.15, 0.2) is 0 Å². The predicted octanol–water partition coefficient (Wildman–Crippen LogP) is 1.34. The molecule has 7 atom stereocenters. The third-order valence-electron chi connectivity index (χ3n) is 5.28. The molecule has 5 heteroatoms. The van der Waals surface area contributed by atoms with Gasteiger partial charge in [0.1, 0.15) is 18.0 Å². The van der Waals surface area contributed by atoms with Crippen LogP contribution in [-0.2, 0) is 23.9 Å². The van der Waals surface area contributed by atoms with Gasteiger partial charge in [-0.2, -0.15) is 0 Å². The average molecular weight is 280 g/mol. The van der Waals surface area contributed by atoms with E-state index < -0.39 is 6.10 Å². The first kappa shape index (κ1) is 13.6. The van der Waals surface area contributed by atoms with E-state index in [1.54, 1.807) is 0 Å². The number of hydrogen-bond acceptors (Lipinski definition) is 5. The van der Waals surface area contributed by atoms with Gasteiger partial charge in [-0.25, -0.2) is 0 Å². The molecule has 2 aliphatic carbocycles. The van der Waals surface area contributed by atoms with Crippen molar-refractivity contribution in [3.63, 3.8) is 0 Å². The van der Waals surface area contributed by atoms with Crippen LogP contribution in [0.5, 0.6) is 0 Å². The smallest absolute Gasteiger partial charge is 0.310 e. The number of Topliss-reactive ketones (excluding diaryl/α,β-unsaturated/α-hetero) is 1. The minimum atomic E-state index is -0.432. The highest BCUT2D eigenvalue weighted by atomic mass is 16.6. The van der Waals surface area contributed by atoms with E-state index in [0.29, 0.717) is 6.42 Å². The Hall–Kier alpha value is -1.39. The fourth-order valence-electron chi connectivity index (χ4n) is 4.12. The van der Waals surface area contributed by atoms with E-state index in [4.69, 9.17) is 9.47 Å². The van der Waals surface area contributed by atoms with Gasteiger partial charge in [-0.3, -0.25) is 14.4 Å². The van der Waals surface area contributed by atoms with Crippen LogP contribution in [0.25, 0.3) is 0 Å². The van der Waals surface area contributed by atoms with E-state index in [-0.39, 0.29) is 53.4 Å². The minimum Gasteiger partial charge on any atom is -0.458 e. The van der Waals surface area contributed by atoms with Crippen LogP contribution in [0.2, 0.25) is 0 Å². The summed E-state index contributed by atoms with van der Waals surface area (Å²) in [4.78, 5) is 35.7. The maximum Gasteiger partial charge on any atom is 0.310 e. The zero-order chi connectivity index (χ0) is 14.6. The second-order valence-electron chi connectivity index (χ2n) is 6.34. The normalized spacial score (nSPS) is 42.5. The summed E-state index contributed by atoms with van der Waals surface area (Å²) in [6, 6.07) is 0. The van der Waals surface area contributed by atoms with E-state index in [2.05, 4.69) is 0 Å². The van der Waals surface area contributed by atoms with Gasteiger partial charge < -0.3 is 9.47 Å². The van der Waals surface area contributed by atoms with Crippen molar-refractivity contribution in [3.05, 3.63) is 0 Å². The van der Waals surface area contributed by atoms with Crippen LogP contribution in [0.1, 0.15) is 33.6 Å². The van der Waals surface area contributed by atoms with Crippen molar-refractivity contribution in [1.29, 1.82) is 0 Å². The summed E-state index contributed by atoms with van der Waals surface area (Å²) >= 11 is 0. The summed E-state index contributed by atoms with van der Waals surface area (Å²) in [6.45, 7) is 5.26. The van der Waals surface area contributed by atoms with Gasteiger partial charge in [0.15, 0.2) is 0 Å². The van der Waals surface area contributed by atoms with Gasteiger partial charge in [0.25, 0.3) is 0 Å². The molecule has 0 N–H and O–H groups in total. The Morgan fingerprint density at radius 1 is 1.40 bits per heavy atom. The summed E-state index contributed by atoms with van der Waals surface area (Å²) in [5, 5.41) is 0. The zero-order valence-electron chi connectivity index (χ0n) is 12.0. The van der Waals surface area contributed by atoms with Crippen molar-refractivity contribution in [3.8, 4) is 0 Å². The van der Waals surface area contributed by atoms with Gasteiger partial charge in [0.2, 0.25) is 0 Å². The van der Waals surface area contributed by atoms with Crippen LogP contribution < -0.4 is 0 Å². The molecule has 2 bridgehead atoms. The molecule has 2 saturated carbocycles. The monoisotopic (exact) mass is 280 g/mol. The molecule has 0 aromatic carbocycles. The fourth-order valence-corrected chi connectivity index (χ4v) is 4.12. The summed E-state index contributed by atoms with van der Waals surface area (Å²) in [5.41, 5.74) is 0. The number of carbonyl (C=O) groups is 3. The minimum absolute atomic E-state index is 0.00406. The topological polar surface area (TPSA) is 69.7 Å². The molecule has 0 aromatic heterocycles. The molecule has 1 aliphatic heterocycles. The number of fused-ring (bicyclic) bond motifs is 1. The number of rotatable bonds is 4. The second kappa shape index (κ2) is 4.57. The van der Waals surface area contributed by atoms with Crippen LogP contribution in [0, 0.1) is 29.6 Å². The molecule has 0 spiro atoms. The van der Waals surface area contributed by atoms with Crippen molar-refractivity contribution in [2.24, 2.45) is 29.6 Å². The first-order chi connectivity index (χ1) is 9.45. The fraction of sp³-hybridized carbons (Fsp3) is 0.800. The van der Waals surface area contributed by atoms with Gasteiger partial charge in [0, 0.05) is 17.8 Å². The molecular formula is C15H20O5. The summed E-state index contributed by atoms with van der Waals surface area (Å²) in [7, 11) is 0. The number of esters is 2. The van der Waals surface area contributed by atoms with Crippen LogP contribution in [0.3, 0.4) is 0 Å². The quantitative estimate of drug-likeness (QED) is 0.727. The Labute approximate surface area is 118 Å². The Kier molecular flexibility index (Phi) is 3.10. The standard InChI is InChI=1S/C15H20O5/c1-4-6(2)14(17)19-12-8-5-9-11(10(8)7(3)16)15(18)20-13(9)12/h6,8-13H,4-5H2,1-3H3. The van der Waals surface area contributed by atoms with E-state index in [1.807, 2.05) is 13.8 Å². The highest BCUT2D eigenvalue weighted by molar-refractivity contribution is 5.88. The third-order valence-corrected chi connectivity index (χ3v) is 5.28. The third kappa shape index (κ3) is 1.71. The van der Waals surface area contributed by atoms with E-state index in [9.17, 15) is 14.4 Å². The molecule has 0 radical (unpaired) electrons. The lowest BCUT2D eigenvalue weighted by Gasteiger charge is -2.30. The SMILES string of the molecule is CCC(C)C(=O)OC1C2CC3C1OC(=O)C3C2C(C)=O. The molecule has 3 aliphatic rings. The Morgan fingerprint density at radius 3 is 2.70 bits per heavy atom. The number of carbonyl (C=O) groups excluding carboxylic acids is 3. The molecule has 0 aromatic rings. The number of ketones is 1. The molecule has 3 fully saturated rings. The predicted molar refractivity (Wildman–Crippen MR) is 68.5 cm³/mol. The van der Waals surface area contributed by atoms with Crippen molar-refractivity contribution >= 4 is 17.7 Å². The van der Waals surface area contributed by atoms with E-state index >= 15 is 0 Å². The van der Waals surface area contributed by atoms with Crippen LogP contribution >= 0.6 is 0 Å². The molecule has 0 amide bonds. The first-order valence-corrected chi connectivity index (χ1v) is 7.37.